The van der Waals surface area contributed by atoms with Crippen molar-refractivity contribution in [1.82, 2.24) is 0 Å². The highest BCUT2D eigenvalue weighted by Gasteiger charge is 2.60. The number of amides is 2. The van der Waals surface area contributed by atoms with E-state index < -0.39 is 5.66 Å². The van der Waals surface area contributed by atoms with Gasteiger partial charge in [0, 0.05) is 16.3 Å². The van der Waals surface area contributed by atoms with Crippen molar-refractivity contribution < 1.29 is 14.3 Å². The Morgan fingerprint density at radius 3 is 2.31 bits per heavy atom. The molecule has 0 radical (unpaired) electrons. The predicted molar refractivity (Wildman–Crippen MR) is 141 cm³/mol. The van der Waals surface area contributed by atoms with Crippen LogP contribution in [0.15, 0.2) is 97.1 Å². The average molecular weight is 496 g/mol. The van der Waals surface area contributed by atoms with Crippen LogP contribution >= 0.6 is 11.6 Å². The molecular formula is C29H22ClN3O3. The highest BCUT2D eigenvalue weighted by molar-refractivity contribution is 6.31. The molecule has 0 aliphatic carbocycles. The molecule has 4 aromatic rings. The van der Waals surface area contributed by atoms with Gasteiger partial charge >= 0.3 is 0 Å². The van der Waals surface area contributed by atoms with Crippen LogP contribution in [0.3, 0.4) is 0 Å². The molecule has 1 spiro atoms. The molecule has 36 heavy (non-hydrogen) atoms. The molecule has 2 aliphatic heterocycles. The summed E-state index contributed by atoms with van der Waals surface area (Å²) in [6.45, 7) is 0.258. The third-order valence-corrected chi connectivity index (χ3v) is 7.13. The van der Waals surface area contributed by atoms with E-state index in [0.29, 0.717) is 39.0 Å². The predicted octanol–water partition coefficient (Wildman–Crippen LogP) is 5.82. The van der Waals surface area contributed by atoms with Gasteiger partial charge in [-0.2, -0.15) is 0 Å². The highest BCUT2D eigenvalue weighted by atomic mass is 35.5. The van der Waals surface area contributed by atoms with Crippen molar-refractivity contribution in [2.24, 2.45) is 0 Å². The molecular weight excluding hydrogens is 474 g/mol. The van der Waals surface area contributed by atoms with Crippen molar-refractivity contribution in [2.75, 3.05) is 22.2 Å². The summed E-state index contributed by atoms with van der Waals surface area (Å²) in [7, 11) is 1.55. The van der Waals surface area contributed by atoms with Crippen LogP contribution in [0.4, 0.5) is 17.1 Å². The average Bonchev–Trinajstić information content (AvgIpc) is 3.13. The van der Waals surface area contributed by atoms with Crippen molar-refractivity contribution in [2.45, 2.75) is 12.2 Å². The number of carbonyl (C=O) groups is 2. The molecule has 0 saturated heterocycles. The SMILES string of the molecule is COc1ccccc1N1C(=O)c2ccccc2NC12C(=O)N(Cc1ccccc1Cl)c1ccccc12. The largest absolute Gasteiger partial charge is 0.495 e. The van der Waals surface area contributed by atoms with Gasteiger partial charge in [0.2, 0.25) is 5.66 Å². The summed E-state index contributed by atoms with van der Waals surface area (Å²) in [5.41, 5.74) is 2.25. The molecule has 2 amide bonds. The Balaban J connectivity index is 1.61. The number of methoxy groups -OCH3 is 1. The van der Waals surface area contributed by atoms with Gasteiger partial charge in [0.1, 0.15) is 5.75 Å². The fourth-order valence-electron chi connectivity index (χ4n) is 5.13. The van der Waals surface area contributed by atoms with Crippen molar-refractivity contribution in [3.63, 3.8) is 0 Å². The molecule has 178 valence electrons. The molecule has 4 aromatic carbocycles. The van der Waals surface area contributed by atoms with Gasteiger partial charge in [-0.15, -0.1) is 0 Å². The standard InChI is InChI=1S/C29H22ClN3O3/c1-36-26-17-9-8-16-25(26)33-27(34)20-11-3-6-14-23(20)31-29(33)21-12-4-7-15-24(21)32(28(29)35)18-19-10-2-5-13-22(19)30/h2-17,31H,18H2,1H3. The van der Waals surface area contributed by atoms with E-state index in [1.54, 1.807) is 36.3 Å². The first-order chi connectivity index (χ1) is 17.6. The van der Waals surface area contributed by atoms with Crippen LogP contribution in [0, 0.1) is 0 Å². The maximum absolute atomic E-state index is 14.6. The van der Waals surface area contributed by atoms with E-state index >= 15 is 0 Å². The molecule has 7 heteroatoms. The summed E-state index contributed by atoms with van der Waals surface area (Å²) < 4.78 is 5.64. The van der Waals surface area contributed by atoms with Gasteiger partial charge < -0.3 is 15.0 Å². The Hall–Kier alpha value is -4.29. The molecule has 0 bridgehead atoms. The Kier molecular flexibility index (Phi) is 5.20. The van der Waals surface area contributed by atoms with Crippen molar-refractivity contribution in [3.05, 3.63) is 119 Å². The number of nitrogens with zero attached hydrogens (tertiary/aromatic N) is 2. The first kappa shape index (κ1) is 22.2. The lowest BCUT2D eigenvalue weighted by Gasteiger charge is -2.45. The minimum atomic E-state index is -1.52. The first-order valence-corrected chi connectivity index (χ1v) is 11.9. The number of hydrogen-bond donors (Lipinski definition) is 1. The van der Waals surface area contributed by atoms with Crippen LogP contribution in [0.1, 0.15) is 21.5 Å². The Morgan fingerprint density at radius 1 is 0.833 bits per heavy atom. The normalized spacial score (nSPS) is 18.2. The Labute approximate surface area is 213 Å². The van der Waals surface area contributed by atoms with Crippen molar-refractivity contribution in [1.29, 1.82) is 0 Å². The van der Waals surface area contributed by atoms with Crippen LogP contribution in [0.5, 0.6) is 5.75 Å². The smallest absolute Gasteiger partial charge is 0.279 e. The third kappa shape index (κ3) is 3.11. The van der Waals surface area contributed by atoms with Crippen LogP contribution in [-0.2, 0) is 17.0 Å². The summed E-state index contributed by atoms with van der Waals surface area (Å²) in [5.74, 6) is -0.0878. The zero-order valence-electron chi connectivity index (χ0n) is 19.4. The van der Waals surface area contributed by atoms with Gasteiger partial charge in [-0.1, -0.05) is 72.3 Å². The highest BCUT2D eigenvalue weighted by Crippen LogP contribution is 2.51. The number of para-hydroxylation sites is 4. The fraction of sp³-hybridized carbons (Fsp3) is 0.103. The second-order valence-electron chi connectivity index (χ2n) is 8.69. The molecule has 1 N–H and O–H groups in total. The molecule has 0 fully saturated rings. The monoisotopic (exact) mass is 495 g/mol. The summed E-state index contributed by atoms with van der Waals surface area (Å²) in [6, 6.07) is 29.5. The number of halogens is 1. The van der Waals surface area contributed by atoms with Crippen LogP contribution in [-0.4, -0.2) is 18.9 Å². The summed E-state index contributed by atoms with van der Waals surface area (Å²) in [5, 5.41) is 4.04. The maximum atomic E-state index is 14.6. The Bertz CT molecular complexity index is 1520. The van der Waals surface area contributed by atoms with E-state index in [1.165, 1.54) is 4.90 Å². The van der Waals surface area contributed by atoms with E-state index in [0.717, 1.165) is 5.56 Å². The second-order valence-corrected chi connectivity index (χ2v) is 9.10. The molecule has 2 aliphatic rings. The van der Waals surface area contributed by atoms with Crippen LogP contribution in [0.25, 0.3) is 0 Å². The fourth-order valence-corrected chi connectivity index (χ4v) is 5.33. The van der Waals surface area contributed by atoms with E-state index in [4.69, 9.17) is 16.3 Å². The number of fused-ring (bicyclic) bond motifs is 3. The lowest BCUT2D eigenvalue weighted by molar-refractivity contribution is -0.122. The van der Waals surface area contributed by atoms with Crippen molar-refractivity contribution >= 4 is 40.5 Å². The van der Waals surface area contributed by atoms with Gasteiger partial charge in [0.15, 0.2) is 0 Å². The number of anilines is 3. The van der Waals surface area contributed by atoms with Gasteiger partial charge in [-0.3, -0.25) is 14.5 Å². The van der Waals surface area contributed by atoms with Gasteiger partial charge in [-0.25, -0.2) is 0 Å². The maximum Gasteiger partial charge on any atom is 0.279 e. The molecule has 2 heterocycles. The van der Waals surface area contributed by atoms with Crippen LogP contribution < -0.4 is 19.9 Å². The van der Waals surface area contributed by atoms with Gasteiger partial charge in [0.05, 0.1) is 30.6 Å². The number of hydrogen-bond acceptors (Lipinski definition) is 4. The Morgan fingerprint density at radius 2 is 1.50 bits per heavy atom. The molecule has 6 rings (SSSR count). The number of benzene rings is 4. The first-order valence-electron chi connectivity index (χ1n) is 11.6. The second kappa shape index (κ2) is 8.43. The number of rotatable bonds is 4. The number of carbonyl (C=O) groups excluding carboxylic acids is 2. The summed E-state index contributed by atoms with van der Waals surface area (Å²) in [4.78, 5) is 32.0. The minimum absolute atomic E-state index is 0.258. The topological polar surface area (TPSA) is 61.9 Å². The minimum Gasteiger partial charge on any atom is -0.495 e. The molecule has 0 saturated carbocycles. The molecule has 1 unspecified atom stereocenters. The molecule has 1 atom stereocenters. The number of nitrogens with one attached hydrogen (secondary N) is 1. The molecule has 6 nitrogen and oxygen atoms in total. The van der Waals surface area contributed by atoms with Crippen LogP contribution in [0.2, 0.25) is 5.02 Å². The zero-order chi connectivity index (χ0) is 24.9. The third-order valence-electron chi connectivity index (χ3n) is 6.76. The van der Waals surface area contributed by atoms with Gasteiger partial charge in [0.25, 0.3) is 11.8 Å². The quantitative estimate of drug-likeness (QED) is 0.387. The number of ether oxygens (including phenoxy) is 1. The molecule has 0 aromatic heterocycles. The van der Waals surface area contributed by atoms with E-state index in [1.807, 2.05) is 72.8 Å². The van der Waals surface area contributed by atoms with Gasteiger partial charge in [-0.05, 0) is 42.0 Å². The van der Waals surface area contributed by atoms with E-state index in [-0.39, 0.29) is 18.4 Å². The van der Waals surface area contributed by atoms with E-state index in [2.05, 4.69) is 5.32 Å². The summed E-state index contributed by atoms with van der Waals surface area (Å²) >= 11 is 6.47. The lowest BCUT2D eigenvalue weighted by Crippen LogP contribution is -2.63. The van der Waals surface area contributed by atoms with E-state index in [9.17, 15) is 9.59 Å². The zero-order valence-corrected chi connectivity index (χ0v) is 20.2. The summed E-state index contributed by atoms with van der Waals surface area (Å²) in [6.07, 6.45) is 0. The lowest BCUT2D eigenvalue weighted by atomic mass is 9.92. The van der Waals surface area contributed by atoms with Crippen molar-refractivity contribution in [3.8, 4) is 5.75 Å².